The van der Waals surface area contributed by atoms with Crippen molar-refractivity contribution in [2.75, 3.05) is 0 Å². The summed E-state index contributed by atoms with van der Waals surface area (Å²) in [5, 5.41) is 1.12. The summed E-state index contributed by atoms with van der Waals surface area (Å²) >= 11 is 0. The molecular weight excluding hydrogens is 360 g/mol. The minimum Gasteiger partial charge on any atom is -0.460 e. The summed E-state index contributed by atoms with van der Waals surface area (Å²) in [6.07, 6.45) is 2.54. The molecule has 3 aromatic carbocycles. The van der Waals surface area contributed by atoms with E-state index >= 15 is 0 Å². The highest BCUT2D eigenvalue weighted by Gasteiger charge is 2.19. The number of esters is 1. The van der Waals surface area contributed by atoms with Gasteiger partial charge in [0.2, 0.25) is 0 Å². The number of nitrogens with zero attached hydrogens (tertiary/aromatic N) is 1. The van der Waals surface area contributed by atoms with E-state index in [4.69, 9.17) is 10.5 Å². The number of aromatic nitrogens is 1. The Morgan fingerprint density at radius 2 is 1.48 bits per heavy atom. The Hall–Kier alpha value is -3.37. The second kappa shape index (κ2) is 8.76. The molecule has 1 heterocycles. The average molecular weight is 384 g/mol. The first kappa shape index (κ1) is 19.0. The Labute approximate surface area is 170 Å². The van der Waals surface area contributed by atoms with Gasteiger partial charge in [-0.25, -0.2) is 0 Å². The number of carbonyl (C=O) groups is 1. The number of ether oxygens (including phenoxy) is 1. The van der Waals surface area contributed by atoms with Crippen LogP contribution in [0, 0.1) is 0 Å². The van der Waals surface area contributed by atoms with Gasteiger partial charge >= 0.3 is 5.97 Å². The van der Waals surface area contributed by atoms with E-state index in [1.54, 1.807) is 0 Å². The van der Waals surface area contributed by atoms with Crippen LogP contribution in [-0.2, 0) is 29.1 Å². The number of benzene rings is 3. The number of carbonyl (C=O) groups excluding carboxylic acids is 1. The van der Waals surface area contributed by atoms with E-state index in [1.807, 2.05) is 60.7 Å². The maximum atomic E-state index is 12.4. The van der Waals surface area contributed by atoms with Gasteiger partial charge in [-0.3, -0.25) is 4.79 Å². The van der Waals surface area contributed by atoms with Gasteiger partial charge in [-0.1, -0.05) is 78.9 Å². The van der Waals surface area contributed by atoms with Crippen molar-refractivity contribution in [3.8, 4) is 0 Å². The molecule has 0 radical (unpaired) electrons. The molecule has 146 valence electrons. The lowest BCUT2D eigenvalue weighted by atomic mass is 10.1. The summed E-state index contributed by atoms with van der Waals surface area (Å²) < 4.78 is 7.62. The summed E-state index contributed by atoms with van der Waals surface area (Å²) in [5.41, 5.74) is 10.6. The van der Waals surface area contributed by atoms with Crippen LogP contribution in [0.4, 0.5) is 0 Å². The Bertz CT molecular complexity index is 1090. The lowest BCUT2D eigenvalue weighted by Gasteiger charge is -2.11. The molecule has 1 unspecified atom stereocenters. The summed E-state index contributed by atoms with van der Waals surface area (Å²) in [7, 11) is 0. The SMILES string of the molecule is NC(Cc1cn(Cc2ccccc2)c2ccccc12)C(=O)OCc1ccccc1. The van der Waals surface area contributed by atoms with Crippen molar-refractivity contribution in [1.82, 2.24) is 4.57 Å². The van der Waals surface area contributed by atoms with Crippen LogP contribution in [0.3, 0.4) is 0 Å². The van der Waals surface area contributed by atoms with Gasteiger partial charge in [0, 0.05) is 30.1 Å². The number of fused-ring (bicyclic) bond motifs is 1. The molecule has 0 aliphatic heterocycles. The Kier molecular flexibility index (Phi) is 5.73. The van der Waals surface area contributed by atoms with Crippen LogP contribution < -0.4 is 5.73 Å². The lowest BCUT2D eigenvalue weighted by Crippen LogP contribution is -2.34. The summed E-state index contributed by atoms with van der Waals surface area (Å²) in [4.78, 5) is 12.4. The van der Waals surface area contributed by atoms with Crippen molar-refractivity contribution >= 4 is 16.9 Å². The molecule has 0 aliphatic rings. The standard InChI is InChI=1S/C25H24N2O2/c26-23(25(28)29-18-20-11-5-2-6-12-20)15-21-17-27(16-19-9-3-1-4-10-19)24-14-8-7-13-22(21)24/h1-14,17,23H,15-16,18,26H2. The van der Waals surface area contributed by atoms with Crippen molar-refractivity contribution in [3.63, 3.8) is 0 Å². The van der Waals surface area contributed by atoms with E-state index in [2.05, 4.69) is 35.0 Å². The van der Waals surface area contributed by atoms with Gasteiger partial charge in [0.15, 0.2) is 0 Å². The van der Waals surface area contributed by atoms with Gasteiger partial charge in [-0.2, -0.15) is 0 Å². The third-order valence-corrected chi connectivity index (χ3v) is 5.03. The molecule has 0 spiro atoms. The van der Waals surface area contributed by atoms with Gasteiger partial charge in [-0.15, -0.1) is 0 Å². The summed E-state index contributed by atoms with van der Waals surface area (Å²) in [5.74, 6) is -0.381. The quantitative estimate of drug-likeness (QED) is 0.483. The highest BCUT2D eigenvalue weighted by atomic mass is 16.5. The third kappa shape index (κ3) is 4.55. The molecule has 0 fully saturated rings. The molecule has 29 heavy (non-hydrogen) atoms. The molecule has 1 atom stereocenters. The molecule has 0 bridgehead atoms. The van der Waals surface area contributed by atoms with E-state index in [0.29, 0.717) is 6.42 Å². The van der Waals surface area contributed by atoms with E-state index < -0.39 is 6.04 Å². The van der Waals surface area contributed by atoms with Gasteiger partial charge < -0.3 is 15.0 Å². The summed E-state index contributed by atoms with van der Waals surface area (Å²) in [6.45, 7) is 1.01. The first-order valence-corrected chi connectivity index (χ1v) is 9.77. The van der Waals surface area contributed by atoms with Gasteiger partial charge in [0.25, 0.3) is 0 Å². The van der Waals surface area contributed by atoms with Crippen LogP contribution in [0.1, 0.15) is 16.7 Å². The van der Waals surface area contributed by atoms with Crippen LogP contribution in [0.2, 0.25) is 0 Å². The Balaban J connectivity index is 1.49. The smallest absolute Gasteiger partial charge is 0.323 e. The van der Waals surface area contributed by atoms with Gasteiger partial charge in [0.05, 0.1) is 0 Å². The average Bonchev–Trinajstić information content (AvgIpc) is 3.10. The molecule has 4 heteroatoms. The lowest BCUT2D eigenvalue weighted by molar-refractivity contribution is -0.146. The monoisotopic (exact) mass is 384 g/mol. The van der Waals surface area contributed by atoms with Crippen molar-refractivity contribution in [2.24, 2.45) is 5.73 Å². The highest BCUT2D eigenvalue weighted by molar-refractivity contribution is 5.85. The molecule has 0 aliphatic carbocycles. The molecular formula is C25H24N2O2. The van der Waals surface area contributed by atoms with E-state index in [1.165, 1.54) is 5.56 Å². The van der Waals surface area contributed by atoms with Crippen LogP contribution in [0.15, 0.2) is 91.1 Å². The number of hydrogen-bond donors (Lipinski definition) is 1. The molecule has 4 aromatic rings. The molecule has 1 aromatic heterocycles. The zero-order chi connectivity index (χ0) is 20.1. The molecule has 0 amide bonds. The second-order valence-electron chi connectivity index (χ2n) is 7.19. The Morgan fingerprint density at radius 3 is 2.21 bits per heavy atom. The Morgan fingerprint density at radius 1 is 0.862 bits per heavy atom. The van der Waals surface area contributed by atoms with Crippen LogP contribution in [-0.4, -0.2) is 16.6 Å². The molecule has 0 saturated heterocycles. The molecule has 2 N–H and O–H groups in total. The number of nitrogens with two attached hydrogens (primary N) is 1. The number of hydrogen-bond acceptors (Lipinski definition) is 3. The van der Waals surface area contributed by atoms with Gasteiger partial charge in [-0.05, 0) is 22.8 Å². The predicted molar refractivity (Wildman–Crippen MR) is 115 cm³/mol. The molecule has 4 nitrogen and oxygen atoms in total. The van der Waals surface area contributed by atoms with Crippen LogP contribution >= 0.6 is 0 Å². The van der Waals surface area contributed by atoms with Crippen molar-refractivity contribution in [3.05, 3.63) is 108 Å². The van der Waals surface area contributed by atoms with E-state index in [9.17, 15) is 4.79 Å². The largest absolute Gasteiger partial charge is 0.460 e. The third-order valence-electron chi connectivity index (χ3n) is 5.03. The molecule has 0 saturated carbocycles. The topological polar surface area (TPSA) is 57.2 Å². The zero-order valence-corrected chi connectivity index (χ0v) is 16.2. The predicted octanol–water partition coefficient (Wildman–Crippen LogP) is 4.30. The minimum absolute atomic E-state index is 0.239. The van der Waals surface area contributed by atoms with Crippen molar-refractivity contribution < 1.29 is 9.53 Å². The first-order valence-electron chi connectivity index (χ1n) is 9.77. The highest BCUT2D eigenvalue weighted by Crippen LogP contribution is 2.23. The number of para-hydroxylation sites is 1. The van der Waals surface area contributed by atoms with Crippen molar-refractivity contribution in [2.45, 2.75) is 25.6 Å². The minimum atomic E-state index is -0.699. The van der Waals surface area contributed by atoms with E-state index in [0.717, 1.165) is 28.6 Å². The maximum absolute atomic E-state index is 12.4. The fourth-order valence-corrected chi connectivity index (χ4v) is 3.55. The first-order chi connectivity index (χ1) is 14.2. The van der Waals surface area contributed by atoms with Crippen LogP contribution in [0.5, 0.6) is 0 Å². The maximum Gasteiger partial charge on any atom is 0.323 e. The molecule has 4 rings (SSSR count). The zero-order valence-electron chi connectivity index (χ0n) is 16.2. The summed E-state index contributed by atoms with van der Waals surface area (Å²) in [6, 6.07) is 27.5. The number of rotatable bonds is 7. The van der Waals surface area contributed by atoms with E-state index in [-0.39, 0.29) is 12.6 Å². The normalized spacial score (nSPS) is 12.0. The van der Waals surface area contributed by atoms with Gasteiger partial charge in [0.1, 0.15) is 12.6 Å². The van der Waals surface area contributed by atoms with Crippen LogP contribution in [0.25, 0.3) is 10.9 Å². The van der Waals surface area contributed by atoms with Crippen molar-refractivity contribution in [1.29, 1.82) is 0 Å². The fourth-order valence-electron chi connectivity index (χ4n) is 3.55. The fraction of sp³-hybridized carbons (Fsp3) is 0.160. The second-order valence-corrected chi connectivity index (χ2v) is 7.19.